The molecule has 0 radical (unpaired) electrons. The highest BCUT2D eigenvalue weighted by molar-refractivity contribution is 9.10. The van der Waals surface area contributed by atoms with E-state index in [4.69, 9.17) is 16.3 Å². The molecule has 1 amide bonds. The molecule has 2 aliphatic heterocycles. The fourth-order valence-electron chi connectivity index (χ4n) is 3.92. The SMILES string of the molecule is O=C(c1cc(Br)ccc1Cl)N1CCN(c2ccc([N+](=O)[O-])c(N3CCOCC3)c2)CC1. The van der Waals surface area contributed by atoms with Crippen molar-refractivity contribution in [2.75, 3.05) is 62.3 Å². The number of benzene rings is 2. The lowest BCUT2D eigenvalue weighted by Gasteiger charge is -2.37. The van der Waals surface area contributed by atoms with Gasteiger partial charge in [-0.05, 0) is 30.3 Å². The predicted molar refractivity (Wildman–Crippen MR) is 123 cm³/mol. The fraction of sp³-hybridized carbons (Fsp3) is 0.381. The Hall–Kier alpha value is -2.36. The van der Waals surface area contributed by atoms with Gasteiger partial charge in [0.25, 0.3) is 11.6 Å². The summed E-state index contributed by atoms with van der Waals surface area (Å²) in [4.78, 5) is 30.0. The third kappa shape index (κ3) is 4.78. The highest BCUT2D eigenvalue weighted by Gasteiger charge is 2.27. The quantitative estimate of drug-likeness (QED) is 0.461. The summed E-state index contributed by atoms with van der Waals surface area (Å²) in [6.45, 7) is 4.73. The van der Waals surface area contributed by atoms with Crippen LogP contribution in [0.1, 0.15) is 10.4 Å². The summed E-state index contributed by atoms with van der Waals surface area (Å²) >= 11 is 9.61. The molecule has 0 atom stereocenters. The highest BCUT2D eigenvalue weighted by Crippen LogP contribution is 2.33. The van der Waals surface area contributed by atoms with Crippen molar-refractivity contribution < 1.29 is 14.5 Å². The maximum atomic E-state index is 12.9. The number of amides is 1. The maximum Gasteiger partial charge on any atom is 0.292 e. The van der Waals surface area contributed by atoms with E-state index in [2.05, 4.69) is 20.8 Å². The molecule has 2 aromatic carbocycles. The Kier molecular flexibility index (Phi) is 6.64. The van der Waals surface area contributed by atoms with Crippen LogP contribution < -0.4 is 9.80 Å². The van der Waals surface area contributed by atoms with Gasteiger partial charge in [0.05, 0.1) is 28.7 Å². The number of hydrogen-bond donors (Lipinski definition) is 0. The van der Waals surface area contributed by atoms with Crippen molar-refractivity contribution in [3.63, 3.8) is 0 Å². The van der Waals surface area contributed by atoms with E-state index in [1.54, 1.807) is 35.2 Å². The van der Waals surface area contributed by atoms with Crippen molar-refractivity contribution in [1.29, 1.82) is 0 Å². The van der Waals surface area contributed by atoms with Crippen molar-refractivity contribution in [2.24, 2.45) is 0 Å². The second-order valence-electron chi connectivity index (χ2n) is 7.43. The van der Waals surface area contributed by atoms with Gasteiger partial charge in [-0.1, -0.05) is 27.5 Å². The summed E-state index contributed by atoms with van der Waals surface area (Å²) in [5.74, 6) is -0.0938. The summed E-state index contributed by atoms with van der Waals surface area (Å²) < 4.78 is 6.19. The molecule has 0 saturated carbocycles. The molecule has 0 N–H and O–H groups in total. The summed E-state index contributed by atoms with van der Waals surface area (Å²) in [5, 5.41) is 12.0. The molecular weight excluding hydrogens is 488 g/mol. The minimum atomic E-state index is -0.340. The third-order valence-electron chi connectivity index (χ3n) is 5.60. The van der Waals surface area contributed by atoms with E-state index in [0.29, 0.717) is 68.8 Å². The van der Waals surface area contributed by atoms with E-state index < -0.39 is 0 Å². The molecule has 0 unspecified atom stereocenters. The van der Waals surface area contributed by atoms with Crippen LogP contribution in [0.4, 0.5) is 17.1 Å². The first kappa shape index (κ1) is 21.9. The minimum absolute atomic E-state index is 0.0938. The third-order valence-corrected chi connectivity index (χ3v) is 6.42. The van der Waals surface area contributed by atoms with Gasteiger partial charge in [0.2, 0.25) is 0 Å². The molecule has 0 aromatic heterocycles. The summed E-state index contributed by atoms with van der Waals surface area (Å²) in [7, 11) is 0. The zero-order valence-corrected chi connectivity index (χ0v) is 19.1. The molecule has 2 aromatic rings. The van der Waals surface area contributed by atoms with Gasteiger partial charge >= 0.3 is 0 Å². The van der Waals surface area contributed by atoms with E-state index in [-0.39, 0.29) is 16.5 Å². The lowest BCUT2D eigenvalue weighted by Crippen LogP contribution is -2.49. The molecule has 31 heavy (non-hydrogen) atoms. The number of morpholine rings is 1. The van der Waals surface area contributed by atoms with Crippen molar-refractivity contribution in [2.45, 2.75) is 0 Å². The van der Waals surface area contributed by atoms with E-state index in [0.717, 1.165) is 10.2 Å². The molecule has 0 bridgehead atoms. The lowest BCUT2D eigenvalue weighted by atomic mass is 10.1. The van der Waals surface area contributed by atoms with Crippen LogP contribution in [-0.4, -0.2) is 68.2 Å². The number of halogens is 2. The van der Waals surface area contributed by atoms with Crippen LogP contribution in [0.5, 0.6) is 0 Å². The number of nitro benzene ring substituents is 1. The second-order valence-corrected chi connectivity index (χ2v) is 8.76. The number of carbonyl (C=O) groups excluding carboxylic acids is 1. The number of carbonyl (C=O) groups is 1. The average molecular weight is 510 g/mol. The Balaban J connectivity index is 1.49. The molecular formula is C21H22BrClN4O4. The lowest BCUT2D eigenvalue weighted by molar-refractivity contribution is -0.384. The molecule has 0 spiro atoms. The van der Waals surface area contributed by atoms with Crippen LogP contribution in [0.2, 0.25) is 5.02 Å². The molecule has 8 nitrogen and oxygen atoms in total. The summed E-state index contributed by atoms with van der Waals surface area (Å²) in [5.41, 5.74) is 2.11. The summed E-state index contributed by atoms with van der Waals surface area (Å²) in [6.07, 6.45) is 0. The van der Waals surface area contributed by atoms with Crippen molar-refractivity contribution >= 4 is 50.5 Å². The number of anilines is 2. The van der Waals surface area contributed by atoms with Gasteiger partial charge < -0.3 is 19.4 Å². The van der Waals surface area contributed by atoms with Crippen molar-refractivity contribution in [3.8, 4) is 0 Å². The smallest absolute Gasteiger partial charge is 0.292 e. The molecule has 4 rings (SSSR count). The van der Waals surface area contributed by atoms with E-state index >= 15 is 0 Å². The molecule has 2 heterocycles. The standard InChI is InChI=1S/C21H22BrClN4O4/c22-15-1-3-18(23)17(13-15)21(28)26-7-5-24(6-8-26)16-2-4-19(27(29)30)20(14-16)25-9-11-31-12-10-25/h1-4,13-14H,5-12H2. The molecule has 2 aliphatic rings. The molecule has 2 fully saturated rings. The van der Waals surface area contributed by atoms with Crippen LogP contribution in [0.3, 0.4) is 0 Å². The predicted octanol–water partition coefficient (Wildman–Crippen LogP) is 3.81. The zero-order chi connectivity index (χ0) is 22.0. The van der Waals surface area contributed by atoms with Gasteiger partial charge in [-0.2, -0.15) is 0 Å². The highest BCUT2D eigenvalue weighted by atomic mass is 79.9. The van der Waals surface area contributed by atoms with Crippen LogP contribution in [0.15, 0.2) is 40.9 Å². The topological polar surface area (TPSA) is 79.2 Å². The van der Waals surface area contributed by atoms with Gasteiger partial charge in [-0.25, -0.2) is 0 Å². The number of nitro groups is 1. The Morgan fingerprint density at radius 1 is 1.00 bits per heavy atom. The Morgan fingerprint density at radius 2 is 1.71 bits per heavy atom. The van der Waals surface area contributed by atoms with Gasteiger partial charge in [0, 0.05) is 55.5 Å². The minimum Gasteiger partial charge on any atom is -0.378 e. The van der Waals surface area contributed by atoms with Crippen LogP contribution in [0.25, 0.3) is 0 Å². The molecule has 0 aliphatic carbocycles. The van der Waals surface area contributed by atoms with Crippen molar-refractivity contribution in [1.82, 2.24) is 4.90 Å². The van der Waals surface area contributed by atoms with E-state index in [9.17, 15) is 14.9 Å². The first-order valence-electron chi connectivity index (χ1n) is 10.0. The molecule has 10 heteroatoms. The first-order chi connectivity index (χ1) is 14.9. The van der Waals surface area contributed by atoms with Gasteiger partial charge in [-0.15, -0.1) is 0 Å². The Bertz CT molecular complexity index is 991. The van der Waals surface area contributed by atoms with Crippen LogP contribution >= 0.6 is 27.5 Å². The Labute approximate surface area is 193 Å². The normalized spacial score (nSPS) is 17.0. The fourth-order valence-corrected chi connectivity index (χ4v) is 4.48. The number of nitrogens with zero attached hydrogens (tertiary/aromatic N) is 4. The van der Waals surface area contributed by atoms with E-state index in [1.165, 1.54) is 0 Å². The monoisotopic (exact) mass is 508 g/mol. The number of ether oxygens (including phenoxy) is 1. The van der Waals surface area contributed by atoms with E-state index in [1.807, 2.05) is 11.0 Å². The zero-order valence-electron chi connectivity index (χ0n) is 16.8. The van der Waals surface area contributed by atoms with Crippen LogP contribution in [0, 0.1) is 10.1 Å². The number of rotatable bonds is 4. The average Bonchev–Trinajstić information content (AvgIpc) is 2.80. The maximum absolute atomic E-state index is 12.9. The second kappa shape index (κ2) is 9.42. The molecule has 2 saturated heterocycles. The van der Waals surface area contributed by atoms with Crippen LogP contribution in [-0.2, 0) is 4.74 Å². The van der Waals surface area contributed by atoms with Gasteiger partial charge in [0.15, 0.2) is 0 Å². The number of hydrogen-bond acceptors (Lipinski definition) is 6. The van der Waals surface area contributed by atoms with Gasteiger partial charge in [-0.3, -0.25) is 14.9 Å². The summed E-state index contributed by atoms with van der Waals surface area (Å²) in [6, 6.07) is 10.5. The van der Waals surface area contributed by atoms with Crippen molar-refractivity contribution in [3.05, 3.63) is 61.6 Å². The van der Waals surface area contributed by atoms with Gasteiger partial charge in [0.1, 0.15) is 5.69 Å². The Morgan fingerprint density at radius 3 is 2.39 bits per heavy atom. The first-order valence-corrected chi connectivity index (χ1v) is 11.2. The number of piperazine rings is 1. The molecule has 164 valence electrons. The largest absolute Gasteiger partial charge is 0.378 e.